The third-order valence-electron chi connectivity index (χ3n) is 0. The van der Waals surface area contributed by atoms with Gasteiger partial charge in [-0.3, -0.25) is 0 Å². The Hall–Kier alpha value is 4.74. The van der Waals surface area contributed by atoms with Crippen LogP contribution in [0.5, 0.6) is 0 Å². The molecule has 0 bridgehead atoms. The van der Waals surface area contributed by atoms with Crippen LogP contribution >= 0.6 is 0 Å². The Kier molecular flexibility index (Phi) is 4140. The first-order valence-corrected chi connectivity index (χ1v) is 0. The third-order valence-corrected chi connectivity index (χ3v) is 0. The van der Waals surface area contributed by atoms with Crippen LogP contribution in [0.2, 0.25) is 0 Å². The van der Waals surface area contributed by atoms with E-state index in [0.29, 0.717) is 0 Å². The van der Waals surface area contributed by atoms with Crippen LogP contribution in [0.4, 0.5) is 0 Å². The van der Waals surface area contributed by atoms with Crippen LogP contribution in [0.3, 0.4) is 0 Å². The molecule has 14 heavy (non-hydrogen) atoms. The maximum Gasteiger partial charge on any atom is 3.00 e. The molecule has 0 aromatic carbocycles. The summed E-state index contributed by atoms with van der Waals surface area (Å²) < 4.78 is 0. The van der Waals surface area contributed by atoms with Gasteiger partial charge in [0.2, 0.25) is 0 Å². The van der Waals surface area contributed by atoms with Gasteiger partial charge < -0.3 is 43.8 Å². The van der Waals surface area contributed by atoms with Gasteiger partial charge in [0, 0.05) is 27.3 Å². The molecule has 0 N–H and O–H groups in total. The van der Waals surface area contributed by atoms with Crippen molar-refractivity contribution in [3.8, 4) is 0 Å². The molecule has 0 amide bonds. The van der Waals surface area contributed by atoms with Crippen LogP contribution in [0.15, 0.2) is 0 Å². The van der Waals surface area contributed by atoms with Crippen molar-refractivity contribution in [2.45, 2.75) is 0 Å². The minimum atomic E-state index is 0. The van der Waals surface area contributed by atoms with E-state index >= 15 is 0 Å². The molecule has 0 saturated carbocycles. The molecule has 0 spiro atoms. The minimum absolute atomic E-state index is 0. The minimum Gasteiger partial charge on any atom is -2.00 e. The molecule has 0 atom stereocenters. The summed E-state index contributed by atoms with van der Waals surface area (Å²) in [6.45, 7) is 0. The summed E-state index contributed by atoms with van der Waals surface area (Å²) in [6, 6.07) is 0. The zero-order valence-electron chi connectivity index (χ0n) is 6.39. The van der Waals surface area contributed by atoms with Crippen molar-refractivity contribution in [3.63, 3.8) is 0 Å². The number of rotatable bonds is 0. The fraction of sp³-hybridized carbons (Fsp3) is 0. The average Bonchev–Trinajstić information content (AvgIpc) is 0. The molecule has 0 aromatic heterocycles. The Morgan fingerprint density at radius 1 is 0.357 bits per heavy atom. The van der Waals surface area contributed by atoms with Crippen molar-refractivity contribution in [1.29, 1.82) is 0 Å². The second-order valence-electron chi connectivity index (χ2n) is 0. The Morgan fingerprint density at radius 2 is 0.357 bits per heavy atom. The molecule has 2 radical (unpaired) electrons. The first-order valence-electron chi connectivity index (χ1n) is 0. The first-order chi connectivity index (χ1) is 0. The van der Waals surface area contributed by atoms with Gasteiger partial charge in [-0.15, -0.1) is 0 Å². The summed E-state index contributed by atoms with van der Waals surface area (Å²) >= 11 is 0. The van der Waals surface area contributed by atoms with Gasteiger partial charge in [-0.05, 0) is 0 Å². The molecular formula is Mo2O8Tl4-2. The van der Waals surface area contributed by atoms with Crippen LogP contribution in [-0.2, 0) is 85.9 Å². The Balaban J connectivity index is 0. The smallest absolute Gasteiger partial charge is 2.00 e. The normalized spacial score (nSPS) is 0. The van der Waals surface area contributed by atoms with Gasteiger partial charge in [0.05, 0.1) is 0 Å². The molecule has 0 fully saturated rings. The summed E-state index contributed by atoms with van der Waals surface area (Å²) in [6.07, 6.45) is 0. The molecule has 8 nitrogen and oxygen atoms in total. The standard InChI is InChI=1S/2Mo.8O.4Tl/q+2;+3;8*-2;;3*+3. The van der Waals surface area contributed by atoms with Gasteiger partial charge in [-0.2, -0.15) is 0 Å². The molecule has 0 unspecified atom stereocenters. The summed E-state index contributed by atoms with van der Waals surface area (Å²) in [5.74, 6) is 0. The summed E-state index contributed by atoms with van der Waals surface area (Å²) in [4.78, 5) is 0. The Morgan fingerprint density at radius 3 is 0.357 bits per heavy atom. The summed E-state index contributed by atoms with van der Waals surface area (Å²) in [7, 11) is 0. The molecule has 0 heterocycles. The summed E-state index contributed by atoms with van der Waals surface area (Å²) in [5.41, 5.74) is 0. The number of hydrogen-bond acceptors (Lipinski definition) is 0. The quantitative estimate of drug-likeness (QED) is 0.230. The van der Waals surface area contributed by atoms with E-state index in [1.807, 2.05) is 0 Å². The topological polar surface area (TPSA) is 228 Å². The van der Waals surface area contributed by atoms with E-state index in [0.717, 1.165) is 0 Å². The summed E-state index contributed by atoms with van der Waals surface area (Å²) in [5, 5.41) is 0. The Bertz CT molecular complexity index is 19.3. The molecule has 0 saturated heterocycles. The molecule has 0 aliphatic carbocycles. The predicted molar refractivity (Wildman–Crippen MR) is 28.5 cm³/mol. The van der Waals surface area contributed by atoms with Crippen LogP contribution in [0, 0.1) is 0 Å². The van der Waals surface area contributed by atoms with E-state index in [-0.39, 0.29) is 195 Å². The molecule has 0 aliphatic rings. The van der Waals surface area contributed by atoms with E-state index in [1.54, 1.807) is 0 Å². The molecule has 0 rings (SSSR count). The van der Waals surface area contributed by atoms with Crippen molar-refractivity contribution >= 4 is 109 Å². The van der Waals surface area contributed by atoms with E-state index in [9.17, 15) is 0 Å². The van der Waals surface area contributed by atoms with Gasteiger partial charge in [-0.1, -0.05) is 0 Å². The van der Waals surface area contributed by atoms with E-state index in [4.69, 9.17) is 0 Å². The second kappa shape index (κ2) is 221. The molecule has 0 aromatic rings. The predicted octanol–water partition coefficient (Wildman–Crippen LogP) is -2.48. The van der Waals surface area contributed by atoms with Crippen LogP contribution < -0.4 is 0 Å². The van der Waals surface area contributed by atoms with Gasteiger partial charge in [0.15, 0.2) is 0 Å². The van der Waals surface area contributed by atoms with Gasteiger partial charge >= 0.3 is 124 Å². The zero-order chi connectivity index (χ0) is 0. The van der Waals surface area contributed by atoms with E-state index in [1.165, 1.54) is 0 Å². The monoisotopic (exact) mass is 1140 g/mol. The fourth-order valence-electron chi connectivity index (χ4n) is 0. The van der Waals surface area contributed by atoms with Crippen LogP contribution in [0.1, 0.15) is 0 Å². The second-order valence-corrected chi connectivity index (χ2v) is 0. The van der Waals surface area contributed by atoms with Crippen molar-refractivity contribution in [1.82, 2.24) is 0 Å². The average molecular weight is 1140 g/mol. The fourth-order valence-corrected chi connectivity index (χ4v) is 0. The first kappa shape index (κ1) is 262. The molecule has 14 heteroatoms. The van der Waals surface area contributed by atoms with Crippen molar-refractivity contribution < 1.29 is 85.9 Å². The van der Waals surface area contributed by atoms with E-state index in [2.05, 4.69) is 0 Å². The van der Waals surface area contributed by atoms with Gasteiger partial charge in [-0.25, -0.2) is 0 Å². The van der Waals surface area contributed by atoms with E-state index < -0.39 is 0 Å². The number of hydrogen-bond donors (Lipinski definition) is 0. The van der Waals surface area contributed by atoms with Crippen molar-refractivity contribution in [2.75, 3.05) is 0 Å². The SMILES string of the molecule is [Mo+2].[Mo+3].[O-2].[O-2].[O-2].[O-2].[O-2].[O-2].[O-2].[O-2].[Tl+3].[Tl+3].[Tl+3].[Tl]. The van der Waals surface area contributed by atoms with Crippen molar-refractivity contribution in [3.05, 3.63) is 0 Å². The molecule has 74 valence electrons. The van der Waals surface area contributed by atoms with Gasteiger partial charge in [0.1, 0.15) is 0 Å². The molecule has 0 aliphatic heterocycles. The largest absolute Gasteiger partial charge is 3.00 e. The zero-order valence-corrected chi connectivity index (χ0v) is 28.4. The van der Waals surface area contributed by atoms with Crippen molar-refractivity contribution in [2.24, 2.45) is 0 Å². The van der Waals surface area contributed by atoms with Crippen LogP contribution in [-0.4, -0.2) is 109 Å². The third kappa shape index (κ3) is 184. The maximum atomic E-state index is 0. The van der Waals surface area contributed by atoms with Gasteiger partial charge in [0.25, 0.3) is 0 Å². The maximum absolute atomic E-state index is 0. The Labute approximate surface area is 191 Å². The molecular weight excluding hydrogens is 1140 g/mol. The van der Waals surface area contributed by atoms with Crippen LogP contribution in [0.25, 0.3) is 0 Å².